The van der Waals surface area contributed by atoms with Gasteiger partial charge in [-0.05, 0) is 72.8 Å². The smallest absolute Gasteiger partial charge is 0.155 e. The van der Waals surface area contributed by atoms with Gasteiger partial charge >= 0.3 is 0 Å². The van der Waals surface area contributed by atoms with E-state index in [1.807, 2.05) is 6.07 Å². The summed E-state index contributed by atoms with van der Waals surface area (Å²) in [6, 6.07) is 52.0. The van der Waals surface area contributed by atoms with Gasteiger partial charge in [-0.2, -0.15) is 0 Å². The van der Waals surface area contributed by atoms with Crippen molar-refractivity contribution in [2.75, 3.05) is 0 Å². The molecule has 0 saturated heterocycles. The summed E-state index contributed by atoms with van der Waals surface area (Å²) in [5.74, 6) is 0. The second-order valence-electron chi connectivity index (χ2n) is 9.04. The zero-order valence-electron chi connectivity index (χ0n) is 20.2. The molecule has 0 N–H and O–H groups in total. The summed E-state index contributed by atoms with van der Waals surface area (Å²) in [7, 11) is -1.86. The van der Waals surface area contributed by atoms with Crippen molar-refractivity contribution in [1.82, 2.24) is 4.57 Å². The van der Waals surface area contributed by atoms with Crippen LogP contribution in [0.15, 0.2) is 176 Å². The number of hydrogen-bond donors (Lipinski definition) is 0. The van der Waals surface area contributed by atoms with Crippen LogP contribution in [-0.2, 0) is 0 Å². The normalized spacial score (nSPS) is 12.2. The Bertz CT molecular complexity index is 1760. The molecule has 0 radical (unpaired) electrons. The van der Waals surface area contributed by atoms with Gasteiger partial charge in [0, 0.05) is 31.1 Å². The number of para-hydroxylation sites is 2. The quantitative estimate of drug-likeness (QED) is 0.232. The molecule has 5 aromatic carbocycles. The largest absolute Gasteiger partial charge is 0.459 e. The Balaban J connectivity index is 1.60. The highest BCUT2D eigenvalue weighted by molar-refractivity contribution is 8.33. The second-order valence-corrected chi connectivity index (χ2v) is 12.1. The number of rotatable bonds is 5. The zero-order chi connectivity index (χ0) is 24.7. The fourth-order valence-electron chi connectivity index (χ4n) is 5.44. The Kier molecular flexibility index (Phi) is 5.23. The van der Waals surface area contributed by atoms with E-state index in [0.717, 1.165) is 10.8 Å². The lowest BCUT2D eigenvalue weighted by Crippen LogP contribution is -2.04. The third-order valence-electron chi connectivity index (χ3n) is 7.00. The summed E-state index contributed by atoms with van der Waals surface area (Å²) in [6.45, 7) is 0. The van der Waals surface area contributed by atoms with Crippen LogP contribution in [-0.4, -0.2) is 4.57 Å². The molecule has 2 aromatic heterocycles. The average molecular weight is 496 g/mol. The molecule has 7 aromatic rings. The first-order chi connectivity index (χ1) is 18.4. The van der Waals surface area contributed by atoms with Crippen LogP contribution in [0.3, 0.4) is 0 Å². The molecule has 0 aliphatic carbocycles. The van der Waals surface area contributed by atoms with Crippen molar-refractivity contribution >= 4 is 31.8 Å². The molecule has 3 heteroatoms. The first kappa shape index (κ1) is 21.8. The molecule has 0 unspecified atom stereocenters. The standard InChI is InChI=1S/C34H25NOS/c1-4-13-26(14-5-1)35-32-20-11-10-19-30(32)31-25-29(22-23-33(31)35)37(34-21-12-24-36-34,27-15-6-2-7-16-27)28-17-8-3-9-18-28/h1-25H. The van der Waals surface area contributed by atoms with Crippen LogP contribution >= 0.6 is 10.0 Å². The molecule has 7 rings (SSSR count). The third-order valence-corrected chi connectivity index (χ3v) is 10.8. The minimum atomic E-state index is -1.86. The van der Waals surface area contributed by atoms with Crippen molar-refractivity contribution in [1.29, 1.82) is 0 Å². The van der Waals surface area contributed by atoms with Crippen LogP contribution in [0.4, 0.5) is 0 Å². The number of nitrogens with zero attached hydrogens (tertiary/aromatic N) is 1. The lowest BCUT2D eigenvalue weighted by molar-refractivity contribution is 0.469. The Morgan fingerprint density at radius 3 is 1.70 bits per heavy atom. The van der Waals surface area contributed by atoms with Gasteiger partial charge in [-0.25, -0.2) is 0 Å². The molecule has 0 aliphatic heterocycles. The van der Waals surface area contributed by atoms with Gasteiger partial charge in [0.05, 0.1) is 17.3 Å². The van der Waals surface area contributed by atoms with Crippen LogP contribution in [0.25, 0.3) is 27.5 Å². The second kappa shape index (κ2) is 8.88. The lowest BCUT2D eigenvalue weighted by Gasteiger charge is -2.39. The molecule has 0 aliphatic rings. The fourth-order valence-corrected chi connectivity index (χ4v) is 9.13. The van der Waals surface area contributed by atoms with E-state index >= 15 is 0 Å². The number of aromatic nitrogens is 1. The SMILES string of the molecule is c1ccc(-n2c3ccccc3c3cc(S(c4ccccc4)(c4ccccc4)c4ccco4)ccc32)cc1. The van der Waals surface area contributed by atoms with E-state index in [0.29, 0.717) is 0 Å². The highest BCUT2D eigenvalue weighted by atomic mass is 32.3. The molecule has 2 nitrogen and oxygen atoms in total. The Labute approximate surface area is 217 Å². The predicted molar refractivity (Wildman–Crippen MR) is 153 cm³/mol. The van der Waals surface area contributed by atoms with Crippen molar-refractivity contribution in [3.8, 4) is 5.69 Å². The van der Waals surface area contributed by atoms with Crippen molar-refractivity contribution in [2.45, 2.75) is 19.8 Å². The van der Waals surface area contributed by atoms with Crippen molar-refractivity contribution < 1.29 is 4.42 Å². The van der Waals surface area contributed by atoms with E-state index in [2.05, 4.69) is 144 Å². The van der Waals surface area contributed by atoms with Gasteiger partial charge < -0.3 is 8.98 Å². The molecule has 2 heterocycles. The Morgan fingerprint density at radius 2 is 1.05 bits per heavy atom. The molecule has 0 amide bonds. The van der Waals surface area contributed by atoms with Crippen molar-refractivity contribution in [3.63, 3.8) is 0 Å². The van der Waals surface area contributed by atoms with Gasteiger partial charge in [0.1, 0.15) is 0 Å². The van der Waals surface area contributed by atoms with E-state index in [9.17, 15) is 0 Å². The number of benzene rings is 5. The van der Waals surface area contributed by atoms with Crippen molar-refractivity contribution in [2.24, 2.45) is 0 Å². The van der Waals surface area contributed by atoms with Gasteiger partial charge in [0.25, 0.3) is 0 Å². The zero-order valence-corrected chi connectivity index (χ0v) is 21.0. The lowest BCUT2D eigenvalue weighted by atomic mass is 10.1. The first-order valence-corrected chi connectivity index (χ1v) is 14.1. The summed E-state index contributed by atoms with van der Waals surface area (Å²) in [5, 5.41) is 3.47. The van der Waals surface area contributed by atoms with Crippen molar-refractivity contribution in [3.05, 3.63) is 152 Å². The Morgan fingerprint density at radius 1 is 0.459 bits per heavy atom. The number of hydrogen-bond acceptors (Lipinski definition) is 1. The summed E-state index contributed by atoms with van der Waals surface area (Å²) in [4.78, 5) is 3.76. The van der Waals surface area contributed by atoms with E-state index in [1.54, 1.807) is 6.26 Å². The molecule has 37 heavy (non-hydrogen) atoms. The van der Waals surface area contributed by atoms with Crippen LogP contribution in [0.5, 0.6) is 0 Å². The predicted octanol–water partition coefficient (Wildman–Crippen LogP) is 9.72. The summed E-state index contributed by atoms with van der Waals surface area (Å²) >= 11 is 0. The maximum atomic E-state index is 6.27. The Hall–Kier alpha value is -4.47. The van der Waals surface area contributed by atoms with Crippen LogP contribution in [0.1, 0.15) is 0 Å². The first-order valence-electron chi connectivity index (χ1n) is 12.4. The maximum absolute atomic E-state index is 6.27. The molecule has 0 spiro atoms. The highest BCUT2D eigenvalue weighted by Crippen LogP contribution is 2.73. The third kappa shape index (κ3) is 3.35. The summed E-state index contributed by atoms with van der Waals surface area (Å²) in [6.07, 6.45) is 1.79. The van der Waals surface area contributed by atoms with E-state index in [1.165, 1.54) is 36.5 Å². The average Bonchev–Trinajstić information content (AvgIpc) is 3.62. The minimum absolute atomic E-state index is 0.982. The van der Waals surface area contributed by atoms with E-state index in [4.69, 9.17) is 4.42 Å². The molecular formula is C34H25NOS. The molecule has 0 bridgehead atoms. The summed E-state index contributed by atoms with van der Waals surface area (Å²) in [5.41, 5.74) is 3.57. The van der Waals surface area contributed by atoms with Gasteiger partial charge in [-0.15, -0.1) is 10.0 Å². The number of furan rings is 1. The van der Waals surface area contributed by atoms with Crippen LogP contribution in [0, 0.1) is 0 Å². The fraction of sp³-hybridized carbons (Fsp3) is 0. The van der Waals surface area contributed by atoms with Gasteiger partial charge in [0.15, 0.2) is 5.09 Å². The topological polar surface area (TPSA) is 18.1 Å². The molecule has 0 saturated carbocycles. The summed E-state index contributed by atoms with van der Waals surface area (Å²) < 4.78 is 8.63. The molecule has 178 valence electrons. The molecule has 0 fully saturated rings. The van der Waals surface area contributed by atoms with Crippen LogP contribution in [0.2, 0.25) is 0 Å². The minimum Gasteiger partial charge on any atom is -0.459 e. The molecule has 0 atom stereocenters. The van der Waals surface area contributed by atoms with Gasteiger partial charge in [0.2, 0.25) is 0 Å². The van der Waals surface area contributed by atoms with Crippen LogP contribution < -0.4 is 0 Å². The monoisotopic (exact) mass is 495 g/mol. The van der Waals surface area contributed by atoms with Gasteiger partial charge in [-0.1, -0.05) is 72.8 Å². The highest BCUT2D eigenvalue weighted by Gasteiger charge is 2.36. The van der Waals surface area contributed by atoms with Gasteiger partial charge in [-0.3, -0.25) is 0 Å². The number of fused-ring (bicyclic) bond motifs is 3. The van der Waals surface area contributed by atoms with E-state index in [-0.39, 0.29) is 0 Å². The molecular weight excluding hydrogens is 470 g/mol. The van der Waals surface area contributed by atoms with E-state index < -0.39 is 10.0 Å². The maximum Gasteiger partial charge on any atom is 0.155 e.